The van der Waals surface area contributed by atoms with Crippen molar-refractivity contribution < 1.29 is 0 Å². The van der Waals surface area contributed by atoms with Gasteiger partial charge in [-0.2, -0.15) is 0 Å². The molecule has 144 valence electrons. The molecule has 1 fully saturated rings. The van der Waals surface area contributed by atoms with E-state index in [0.717, 1.165) is 26.9 Å². The average Bonchev–Trinajstić information content (AvgIpc) is 3.10. The first kappa shape index (κ1) is 19.2. The lowest BCUT2D eigenvalue weighted by Gasteiger charge is -2.56. The van der Waals surface area contributed by atoms with Gasteiger partial charge >= 0.3 is 0 Å². The Balaban J connectivity index is 1.34. The van der Waals surface area contributed by atoms with Crippen molar-refractivity contribution in [2.45, 2.75) is 63.6 Å². The molecule has 2 nitrogen and oxygen atoms in total. The highest BCUT2D eigenvalue weighted by atomic mass is 32.2. The van der Waals surface area contributed by atoms with E-state index < -0.39 is 0 Å². The third kappa shape index (κ3) is 3.75. The second kappa shape index (κ2) is 7.04. The second-order valence-corrected chi connectivity index (χ2v) is 11.9. The monoisotopic (exact) mass is 398 g/mol. The fourth-order valence-corrected chi connectivity index (χ4v) is 6.43. The Hall–Kier alpha value is -1.13. The van der Waals surface area contributed by atoms with E-state index in [-0.39, 0.29) is 5.41 Å². The summed E-state index contributed by atoms with van der Waals surface area (Å²) in [6.07, 6.45) is 6.42. The highest BCUT2D eigenvalue weighted by Gasteiger charge is 2.50. The summed E-state index contributed by atoms with van der Waals surface area (Å²) >= 11 is 3.58. The van der Waals surface area contributed by atoms with E-state index in [1.165, 1.54) is 30.4 Å². The Morgan fingerprint density at radius 2 is 1.89 bits per heavy atom. The zero-order valence-electron chi connectivity index (χ0n) is 17.1. The molecule has 3 aliphatic rings. The summed E-state index contributed by atoms with van der Waals surface area (Å²) in [4.78, 5) is 0. The van der Waals surface area contributed by atoms with Gasteiger partial charge in [-0.1, -0.05) is 93.6 Å². The maximum Gasteiger partial charge on any atom is 0.174 e. The Labute approximate surface area is 171 Å². The zero-order chi connectivity index (χ0) is 19.2. The molecule has 4 heteroatoms. The summed E-state index contributed by atoms with van der Waals surface area (Å²) < 4.78 is 1.09. The summed E-state index contributed by atoms with van der Waals surface area (Å²) in [5.41, 5.74) is 4.93. The molecule has 0 amide bonds. The summed E-state index contributed by atoms with van der Waals surface area (Å²) in [6, 6.07) is 8.79. The van der Waals surface area contributed by atoms with E-state index in [9.17, 15) is 0 Å². The van der Waals surface area contributed by atoms with Crippen LogP contribution < -0.4 is 0 Å². The number of nitrogens with zero attached hydrogens (tertiary/aromatic N) is 2. The Morgan fingerprint density at radius 1 is 1.15 bits per heavy atom. The number of aromatic nitrogens is 2. The van der Waals surface area contributed by atoms with E-state index in [0.29, 0.717) is 5.41 Å². The summed E-state index contributed by atoms with van der Waals surface area (Å²) in [5, 5.41) is 9.86. The predicted molar refractivity (Wildman–Crippen MR) is 117 cm³/mol. The SMILES string of the molecule is CC(C)(C)c1ccc(-c2nnc(SCCC3=CCC4CC3C4(C)C)s2)cc1. The smallest absolute Gasteiger partial charge is 0.137 e. The number of benzene rings is 1. The van der Waals surface area contributed by atoms with E-state index in [1.807, 2.05) is 11.8 Å². The Morgan fingerprint density at radius 3 is 2.52 bits per heavy atom. The first-order valence-corrected chi connectivity index (χ1v) is 11.8. The van der Waals surface area contributed by atoms with Crippen molar-refractivity contribution >= 4 is 23.1 Å². The summed E-state index contributed by atoms with van der Waals surface area (Å²) in [6.45, 7) is 11.6. The van der Waals surface area contributed by atoms with Crippen molar-refractivity contribution in [2.75, 3.05) is 5.75 Å². The lowest BCUT2D eigenvalue weighted by Crippen LogP contribution is -2.48. The first-order valence-electron chi connectivity index (χ1n) is 10.0. The molecule has 0 spiro atoms. The fourth-order valence-electron chi connectivity index (χ4n) is 4.51. The van der Waals surface area contributed by atoms with Crippen molar-refractivity contribution in [3.63, 3.8) is 0 Å². The van der Waals surface area contributed by atoms with Gasteiger partial charge < -0.3 is 0 Å². The minimum absolute atomic E-state index is 0.184. The molecule has 2 bridgehead atoms. The molecule has 0 N–H and O–H groups in total. The molecule has 2 atom stereocenters. The number of fused-ring (bicyclic) bond motifs is 1. The van der Waals surface area contributed by atoms with E-state index in [1.54, 1.807) is 16.9 Å². The van der Waals surface area contributed by atoms with Crippen LogP contribution in [0.5, 0.6) is 0 Å². The van der Waals surface area contributed by atoms with Crippen LogP contribution in [0.3, 0.4) is 0 Å². The van der Waals surface area contributed by atoms with Crippen molar-refractivity contribution in [1.82, 2.24) is 10.2 Å². The maximum absolute atomic E-state index is 4.42. The normalized spacial score (nSPS) is 23.7. The number of rotatable bonds is 5. The van der Waals surface area contributed by atoms with Gasteiger partial charge in [-0.3, -0.25) is 0 Å². The van der Waals surface area contributed by atoms with Crippen LogP contribution in [0.25, 0.3) is 10.6 Å². The molecule has 2 aromatic rings. The Kier molecular flexibility index (Phi) is 5.00. The van der Waals surface area contributed by atoms with E-state index in [4.69, 9.17) is 0 Å². The first-order chi connectivity index (χ1) is 12.7. The third-order valence-corrected chi connectivity index (χ3v) is 8.71. The van der Waals surface area contributed by atoms with Crippen LogP contribution in [0.4, 0.5) is 0 Å². The highest BCUT2D eigenvalue weighted by molar-refractivity contribution is 8.01. The lowest BCUT2D eigenvalue weighted by molar-refractivity contribution is -0.00767. The minimum Gasteiger partial charge on any atom is -0.137 e. The van der Waals surface area contributed by atoms with Gasteiger partial charge in [0, 0.05) is 11.3 Å². The number of allylic oxidation sites excluding steroid dienone is 2. The van der Waals surface area contributed by atoms with Crippen LogP contribution in [0, 0.1) is 17.3 Å². The molecule has 1 aromatic heterocycles. The van der Waals surface area contributed by atoms with Crippen molar-refractivity contribution in [2.24, 2.45) is 17.3 Å². The molecule has 0 radical (unpaired) electrons. The maximum atomic E-state index is 4.42. The topological polar surface area (TPSA) is 25.8 Å². The van der Waals surface area contributed by atoms with E-state index >= 15 is 0 Å². The van der Waals surface area contributed by atoms with Gasteiger partial charge in [0.25, 0.3) is 0 Å². The summed E-state index contributed by atoms with van der Waals surface area (Å²) in [7, 11) is 0. The van der Waals surface area contributed by atoms with Crippen LogP contribution in [-0.4, -0.2) is 16.0 Å². The van der Waals surface area contributed by atoms with Crippen LogP contribution in [-0.2, 0) is 5.41 Å². The van der Waals surface area contributed by atoms with E-state index in [2.05, 4.69) is 75.2 Å². The molecule has 0 saturated heterocycles. The Bertz CT molecular complexity index is 840. The molecule has 2 unspecified atom stereocenters. The van der Waals surface area contributed by atoms with Gasteiger partial charge in [0.2, 0.25) is 0 Å². The fraction of sp³-hybridized carbons (Fsp3) is 0.565. The number of thioether (sulfide) groups is 1. The van der Waals surface area contributed by atoms with Gasteiger partial charge in [-0.15, -0.1) is 10.2 Å². The lowest BCUT2D eigenvalue weighted by atomic mass is 9.48. The zero-order valence-corrected chi connectivity index (χ0v) is 18.7. The summed E-state index contributed by atoms with van der Waals surface area (Å²) in [5.74, 6) is 2.86. The van der Waals surface area contributed by atoms with Gasteiger partial charge in [0.1, 0.15) is 5.01 Å². The van der Waals surface area contributed by atoms with Crippen LogP contribution in [0.2, 0.25) is 0 Å². The standard InChI is InChI=1S/C23H30N2S2/c1-22(2,3)17-9-7-16(8-10-17)20-24-25-21(27-20)26-13-12-15-6-11-18-14-19(15)23(18,4)5/h6-10,18-19H,11-14H2,1-5H3. The van der Waals surface area contributed by atoms with Gasteiger partial charge in [0.05, 0.1) is 0 Å². The molecule has 1 saturated carbocycles. The molecule has 27 heavy (non-hydrogen) atoms. The van der Waals surface area contributed by atoms with Crippen LogP contribution in [0.15, 0.2) is 40.3 Å². The highest BCUT2D eigenvalue weighted by Crippen LogP contribution is 2.59. The van der Waals surface area contributed by atoms with Crippen molar-refractivity contribution in [3.05, 3.63) is 41.5 Å². The third-order valence-electron chi connectivity index (χ3n) is 6.60. The molecule has 1 aromatic carbocycles. The van der Waals surface area contributed by atoms with Crippen LogP contribution in [0.1, 0.15) is 59.4 Å². The molecule has 5 rings (SSSR count). The van der Waals surface area contributed by atoms with Gasteiger partial charge in [-0.05, 0) is 47.5 Å². The number of hydrogen-bond acceptors (Lipinski definition) is 4. The second-order valence-electron chi connectivity index (χ2n) is 9.62. The minimum atomic E-state index is 0.184. The van der Waals surface area contributed by atoms with Gasteiger partial charge in [0.15, 0.2) is 4.34 Å². The number of hydrogen-bond donors (Lipinski definition) is 0. The van der Waals surface area contributed by atoms with Crippen molar-refractivity contribution in [1.29, 1.82) is 0 Å². The molecule has 3 aliphatic carbocycles. The molecular weight excluding hydrogens is 368 g/mol. The molecule has 0 aliphatic heterocycles. The average molecular weight is 399 g/mol. The largest absolute Gasteiger partial charge is 0.174 e. The van der Waals surface area contributed by atoms with Crippen molar-refractivity contribution in [3.8, 4) is 10.6 Å². The quantitative estimate of drug-likeness (QED) is 0.401. The molecular formula is C23H30N2S2. The van der Waals surface area contributed by atoms with Crippen LogP contribution >= 0.6 is 23.1 Å². The van der Waals surface area contributed by atoms with Gasteiger partial charge in [-0.25, -0.2) is 0 Å². The predicted octanol–water partition coefficient (Wildman–Crippen LogP) is 6.98. The molecule has 1 heterocycles.